The average Bonchev–Trinajstić information content (AvgIpc) is 3.11. The van der Waals surface area contributed by atoms with Gasteiger partial charge in [-0.25, -0.2) is 0 Å². The summed E-state index contributed by atoms with van der Waals surface area (Å²) < 4.78 is 32.5. The van der Waals surface area contributed by atoms with Crippen molar-refractivity contribution in [3.8, 4) is 0 Å². The predicted molar refractivity (Wildman–Crippen MR) is 225 cm³/mol. The van der Waals surface area contributed by atoms with E-state index in [-0.39, 0.29) is 12.3 Å². The van der Waals surface area contributed by atoms with Crippen LogP contribution in [0.2, 0.25) is 0 Å². The van der Waals surface area contributed by atoms with E-state index in [4.69, 9.17) is 0 Å². The van der Waals surface area contributed by atoms with Gasteiger partial charge in [0, 0.05) is 6.42 Å². The van der Waals surface area contributed by atoms with Gasteiger partial charge in [0.15, 0.2) is 0 Å². The fourth-order valence-electron chi connectivity index (χ4n) is 6.72. The molecule has 0 spiro atoms. The predicted octanol–water partition coefficient (Wildman–Crippen LogP) is 13.3. The van der Waals surface area contributed by atoms with Crippen LogP contribution in [0.4, 0.5) is 0 Å². The molecule has 0 aromatic carbocycles. The zero-order valence-corrected chi connectivity index (χ0v) is 35.0. The Hall–Kier alpha value is -1.44. The zero-order valence-electron chi connectivity index (χ0n) is 34.2. The lowest BCUT2D eigenvalue weighted by Crippen LogP contribution is -2.46. The highest BCUT2D eigenvalue weighted by Gasteiger charge is 2.24. The van der Waals surface area contributed by atoms with Crippen molar-refractivity contribution in [3.63, 3.8) is 0 Å². The summed E-state index contributed by atoms with van der Waals surface area (Å²) in [6, 6.07) is -1.08. The zero-order chi connectivity index (χ0) is 38.2. The molecule has 0 radical (unpaired) electrons. The van der Waals surface area contributed by atoms with E-state index >= 15 is 0 Å². The highest BCUT2D eigenvalue weighted by atomic mass is 32.2. The van der Waals surface area contributed by atoms with Crippen molar-refractivity contribution < 1.29 is 22.9 Å². The van der Waals surface area contributed by atoms with Gasteiger partial charge in [0.25, 0.3) is 10.1 Å². The van der Waals surface area contributed by atoms with Gasteiger partial charge in [-0.1, -0.05) is 211 Å². The molecule has 0 aliphatic carbocycles. The number of nitrogens with one attached hydrogen (secondary N) is 1. The van der Waals surface area contributed by atoms with Gasteiger partial charge in [-0.15, -0.1) is 0 Å². The second kappa shape index (κ2) is 39.3. The molecular formula is C45H85NO5S. The smallest absolute Gasteiger partial charge is 0.267 e. The summed E-state index contributed by atoms with van der Waals surface area (Å²) in [5, 5.41) is 13.2. The summed E-state index contributed by atoms with van der Waals surface area (Å²) in [6.07, 6.45) is 51.4. The van der Waals surface area contributed by atoms with Crippen LogP contribution in [0, 0.1) is 0 Å². The van der Waals surface area contributed by atoms with Crippen LogP contribution in [0.25, 0.3) is 0 Å². The Labute approximate surface area is 323 Å². The summed E-state index contributed by atoms with van der Waals surface area (Å²) in [5.41, 5.74) is 0. The van der Waals surface area contributed by atoms with E-state index in [1.54, 1.807) is 6.08 Å². The van der Waals surface area contributed by atoms with Gasteiger partial charge in [-0.3, -0.25) is 9.35 Å². The van der Waals surface area contributed by atoms with Gasteiger partial charge in [-0.05, 0) is 44.9 Å². The van der Waals surface area contributed by atoms with E-state index in [0.717, 1.165) is 38.5 Å². The van der Waals surface area contributed by atoms with E-state index in [2.05, 4.69) is 43.5 Å². The van der Waals surface area contributed by atoms with Gasteiger partial charge in [0.1, 0.15) is 0 Å². The normalized spacial score (nSPS) is 13.5. The number of carbonyl (C=O) groups is 1. The topological polar surface area (TPSA) is 104 Å². The summed E-state index contributed by atoms with van der Waals surface area (Å²) >= 11 is 0. The lowest BCUT2D eigenvalue weighted by atomic mass is 10.0. The highest BCUT2D eigenvalue weighted by Crippen LogP contribution is 2.15. The maximum Gasteiger partial charge on any atom is 0.267 e. The van der Waals surface area contributed by atoms with Crippen LogP contribution in [0.5, 0.6) is 0 Å². The van der Waals surface area contributed by atoms with Crippen LogP contribution in [-0.4, -0.2) is 41.9 Å². The molecule has 0 fully saturated rings. The number of hydrogen-bond acceptors (Lipinski definition) is 4. The van der Waals surface area contributed by atoms with Crippen molar-refractivity contribution >= 4 is 16.0 Å². The molecule has 2 unspecified atom stereocenters. The number of carbonyl (C=O) groups excluding carboxylic acids is 1. The summed E-state index contributed by atoms with van der Waals surface area (Å²) in [6.45, 7) is 4.53. The lowest BCUT2D eigenvalue weighted by molar-refractivity contribution is -0.122. The van der Waals surface area contributed by atoms with Gasteiger partial charge >= 0.3 is 0 Å². The van der Waals surface area contributed by atoms with Crippen LogP contribution in [0.1, 0.15) is 226 Å². The molecule has 0 rings (SSSR count). The summed E-state index contributed by atoms with van der Waals surface area (Å²) in [4.78, 5) is 12.5. The van der Waals surface area contributed by atoms with Crippen molar-refractivity contribution in [2.45, 2.75) is 238 Å². The van der Waals surface area contributed by atoms with Crippen LogP contribution in [0.3, 0.4) is 0 Å². The van der Waals surface area contributed by atoms with E-state index in [0.29, 0.717) is 6.42 Å². The third-order valence-corrected chi connectivity index (χ3v) is 10.8. The number of unbranched alkanes of at least 4 members (excludes halogenated alkanes) is 28. The number of allylic oxidation sites excluding steroid dienone is 5. The van der Waals surface area contributed by atoms with E-state index < -0.39 is 28.0 Å². The molecule has 0 bridgehead atoms. The fraction of sp³-hybridized carbons (Fsp3) is 0.844. The Morgan fingerprint density at radius 1 is 0.500 bits per heavy atom. The van der Waals surface area contributed by atoms with E-state index in [1.165, 1.54) is 167 Å². The standard InChI is InChI=1S/C45H85NO5S/c1-3-5-7-9-11-13-15-17-19-21-23-25-27-29-31-33-35-37-39-41-45(48)46-43(42-52(49,50)51)44(47)40-38-36-34-32-30-28-26-24-22-20-18-16-14-12-10-8-6-4-2/h22,24,30,32,38,40,43-44,47H,3-21,23,25-29,31,33-37,39,41-42H2,1-2H3,(H,46,48)(H,49,50,51)/b24-22+,32-30+,40-38+. The SMILES string of the molecule is CCCCCCCCCC/C=C/CC/C=C/CC/C=C/C(O)C(CS(=O)(=O)O)NC(=O)CCCCCCCCCCCCCCCCCCCCC. The molecule has 0 aliphatic rings. The minimum atomic E-state index is -4.36. The molecular weight excluding hydrogens is 667 g/mol. The van der Waals surface area contributed by atoms with Crippen molar-refractivity contribution in [3.05, 3.63) is 36.5 Å². The van der Waals surface area contributed by atoms with Gasteiger partial charge < -0.3 is 10.4 Å². The molecule has 1 amide bonds. The lowest BCUT2D eigenvalue weighted by Gasteiger charge is -2.21. The van der Waals surface area contributed by atoms with Crippen molar-refractivity contribution in [1.82, 2.24) is 5.32 Å². The Kier molecular flexibility index (Phi) is 38.2. The maximum absolute atomic E-state index is 12.5. The van der Waals surface area contributed by atoms with E-state index in [1.807, 2.05) is 0 Å². The van der Waals surface area contributed by atoms with Crippen LogP contribution in [0.15, 0.2) is 36.5 Å². The second-order valence-electron chi connectivity index (χ2n) is 15.3. The number of amides is 1. The van der Waals surface area contributed by atoms with Crippen molar-refractivity contribution in [1.29, 1.82) is 0 Å². The number of aliphatic hydroxyl groups is 1. The molecule has 7 heteroatoms. The molecule has 0 saturated carbocycles. The van der Waals surface area contributed by atoms with Gasteiger partial charge in [-0.2, -0.15) is 8.42 Å². The molecule has 0 aromatic heterocycles. The van der Waals surface area contributed by atoms with Crippen molar-refractivity contribution in [2.75, 3.05) is 5.75 Å². The van der Waals surface area contributed by atoms with Crippen LogP contribution >= 0.6 is 0 Å². The third-order valence-electron chi connectivity index (χ3n) is 10.0. The van der Waals surface area contributed by atoms with Gasteiger partial charge in [0.2, 0.25) is 5.91 Å². The maximum atomic E-state index is 12.5. The van der Waals surface area contributed by atoms with Crippen LogP contribution in [-0.2, 0) is 14.9 Å². The third kappa shape index (κ3) is 39.8. The number of aliphatic hydroxyl groups excluding tert-OH is 1. The summed E-state index contributed by atoms with van der Waals surface area (Å²) in [7, 11) is -4.36. The Morgan fingerprint density at radius 3 is 1.21 bits per heavy atom. The first-order valence-electron chi connectivity index (χ1n) is 22.2. The molecule has 0 saturated heterocycles. The molecule has 0 heterocycles. The molecule has 3 N–H and O–H groups in total. The Balaban J connectivity index is 3.92. The number of hydrogen-bond donors (Lipinski definition) is 3. The Bertz CT molecular complexity index is 961. The fourth-order valence-corrected chi connectivity index (χ4v) is 7.45. The molecule has 306 valence electrons. The quantitative estimate of drug-likeness (QED) is 0.0328. The number of rotatable bonds is 40. The molecule has 2 atom stereocenters. The van der Waals surface area contributed by atoms with E-state index in [9.17, 15) is 22.9 Å². The summed E-state index contributed by atoms with van der Waals surface area (Å²) in [5.74, 6) is -1.00. The Morgan fingerprint density at radius 2 is 0.827 bits per heavy atom. The first kappa shape index (κ1) is 50.6. The minimum Gasteiger partial charge on any atom is -0.387 e. The largest absolute Gasteiger partial charge is 0.387 e. The highest BCUT2D eigenvalue weighted by molar-refractivity contribution is 7.85. The van der Waals surface area contributed by atoms with Gasteiger partial charge in [0.05, 0.1) is 17.9 Å². The molecule has 52 heavy (non-hydrogen) atoms. The molecule has 0 aliphatic heterocycles. The monoisotopic (exact) mass is 752 g/mol. The van der Waals surface area contributed by atoms with Crippen molar-refractivity contribution in [2.24, 2.45) is 0 Å². The molecule has 6 nitrogen and oxygen atoms in total. The minimum absolute atomic E-state index is 0.288. The first-order valence-corrected chi connectivity index (χ1v) is 23.8. The average molecular weight is 752 g/mol. The van der Waals surface area contributed by atoms with Crippen LogP contribution < -0.4 is 5.32 Å². The second-order valence-corrected chi connectivity index (χ2v) is 16.8. The first-order chi connectivity index (χ1) is 25.3. The molecule has 0 aromatic rings.